The van der Waals surface area contributed by atoms with Crippen LogP contribution in [0.3, 0.4) is 0 Å². The molecule has 0 unspecified atom stereocenters. The lowest BCUT2D eigenvalue weighted by molar-refractivity contribution is -0.150. The van der Waals surface area contributed by atoms with Crippen molar-refractivity contribution >= 4 is 17.6 Å². The first-order valence-corrected chi connectivity index (χ1v) is 7.44. The number of anilines is 1. The fraction of sp³-hybridized carbons (Fsp3) is 0.500. The van der Waals surface area contributed by atoms with E-state index in [0.717, 1.165) is 17.7 Å². The molecular formula is C16H21NO5. The molecule has 6 nitrogen and oxygen atoms in total. The first-order valence-electron chi connectivity index (χ1n) is 7.44. The van der Waals surface area contributed by atoms with Gasteiger partial charge in [0.25, 0.3) is 5.91 Å². The zero-order valence-corrected chi connectivity index (χ0v) is 12.8. The predicted molar refractivity (Wildman–Crippen MR) is 81.1 cm³/mol. The van der Waals surface area contributed by atoms with Crippen molar-refractivity contribution in [1.29, 1.82) is 0 Å². The summed E-state index contributed by atoms with van der Waals surface area (Å²) in [6.07, 6.45) is 0.106. The maximum Gasteiger partial charge on any atom is 0.332 e. The van der Waals surface area contributed by atoms with E-state index in [4.69, 9.17) is 14.6 Å². The van der Waals surface area contributed by atoms with Crippen molar-refractivity contribution in [3.63, 3.8) is 0 Å². The van der Waals surface area contributed by atoms with Crippen molar-refractivity contribution in [3.8, 4) is 5.75 Å². The number of amides is 1. The highest BCUT2D eigenvalue weighted by Gasteiger charge is 2.34. The number of nitrogens with one attached hydrogen (secondary N) is 1. The summed E-state index contributed by atoms with van der Waals surface area (Å²) in [4.78, 5) is 23.0. The van der Waals surface area contributed by atoms with E-state index in [1.54, 1.807) is 12.1 Å². The number of carbonyl (C=O) groups excluding carboxylic acids is 1. The number of aryl methyl sites for hydroxylation is 1. The minimum atomic E-state index is -1.02. The van der Waals surface area contributed by atoms with Gasteiger partial charge in [0, 0.05) is 5.69 Å². The van der Waals surface area contributed by atoms with Gasteiger partial charge in [-0.25, -0.2) is 4.79 Å². The fourth-order valence-electron chi connectivity index (χ4n) is 2.31. The number of carbonyl (C=O) groups is 2. The monoisotopic (exact) mass is 307 g/mol. The summed E-state index contributed by atoms with van der Waals surface area (Å²) in [5, 5.41) is 11.7. The Balaban J connectivity index is 1.96. The average molecular weight is 307 g/mol. The largest absolute Gasteiger partial charge is 0.494 e. The van der Waals surface area contributed by atoms with Gasteiger partial charge in [0.1, 0.15) is 11.9 Å². The molecule has 22 heavy (non-hydrogen) atoms. The summed E-state index contributed by atoms with van der Waals surface area (Å²) in [5.41, 5.74) is 1.56. The fourth-order valence-corrected chi connectivity index (χ4v) is 2.31. The number of hydrogen-bond donors (Lipinski definition) is 2. The van der Waals surface area contributed by atoms with Crippen molar-refractivity contribution in [2.24, 2.45) is 0 Å². The van der Waals surface area contributed by atoms with Gasteiger partial charge in [-0.05, 0) is 49.9 Å². The minimum Gasteiger partial charge on any atom is -0.494 e. The summed E-state index contributed by atoms with van der Waals surface area (Å²) in [5.74, 6) is -0.571. The molecule has 2 N–H and O–H groups in total. The van der Waals surface area contributed by atoms with Crippen LogP contribution < -0.4 is 10.1 Å². The summed E-state index contributed by atoms with van der Waals surface area (Å²) in [7, 11) is 0. The first kappa shape index (κ1) is 16.3. The maximum absolute atomic E-state index is 12.1. The molecule has 0 aliphatic carbocycles. The Morgan fingerprint density at radius 2 is 2.09 bits per heavy atom. The third kappa shape index (κ3) is 3.98. The number of carboxylic acids is 1. The first-order chi connectivity index (χ1) is 10.5. The molecule has 120 valence electrons. The van der Waals surface area contributed by atoms with Crippen LogP contribution in [0.5, 0.6) is 5.75 Å². The number of ether oxygens (including phenoxy) is 2. The lowest BCUT2D eigenvalue weighted by Crippen LogP contribution is -2.30. The summed E-state index contributed by atoms with van der Waals surface area (Å²) >= 11 is 0. The lowest BCUT2D eigenvalue weighted by Gasteiger charge is -2.14. The second-order valence-electron chi connectivity index (χ2n) is 5.34. The van der Waals surface area contributed by atoms with E-state index in [1.807, 2.05) is 19.9 Å². The van der Waals surface area contributed by atoms with Gasteiger partial charge >= 0.3 is 5.97 Å². The molecule has 1 aromatic carbocycles. The van der Waals surface area contributed by atoms with E-state index >= 15 is 0 Å². The zero-order chi connectivity index (χ0) is 16.1. The minimum absolute atomic E-state index is 0.311. The van der Waals surface area contributed by atoms with Crippen molar-refractivity contribution in [2.45, 2.75) is 45.3 Å². The van der Waals surface area contributed by atoms with Crippen molar-refractivity contribution < 1.29 is 24.2 Å². The summed E-state index contributed by atoms with van der Waals surface area (Å²) in [6, 6.07) is 5.44. The second-order valence-corrected chi connectivity index (χ2v) is 5.34. The highest BCUT2D eigenvalue weighted by atomic mass is 16.5. The number of benzene rings is 1. The Hall–Kier alpha value is -2.08. The molecule has 1 aromatic rings. The number of aliphatic carboxylic acids is 1. The standard InChI is InChI=1S/C16H21NO5/c1-3-8-21-11-4-5-12(10(2)9-11)17-15(18)13-6-7-14(22-13)16(19)20/h4-5,9,13-14H,3,6-8H2,1-2H3,(H,17,18)(H,19,20)/t13-,14+/m0/s1. The van der Waals surface area contributed by atoms with Crippen molar-refractivity contribution in [2.75, 3.05) is 11.9 Å². The van der Waals surface area contributed by atoms with Crippen LogP contribution in [0.1, 0.15) is 31.7 Å². The van der Waals surface area contributed by atoms with Crippen LogP contribution in [0, 0.1) is 6.92 Å². The van der Waals surface area contributed by atoms with Crippen molar-refractivity contribution in [3.05, 3.63) is 23.8 Å². The number of rotatable bonds is 6. The van der Waals surface area contributed by atoms with Gasteiger partial charge in [-0.2, -0.15) is 0 Å². The van der Waals surface area contributed by atoms with Gasteiger partial charge in [0.15, 0.2) is 6.10 Å². The van der Waals surface area contributed by atoms with Crippen LogP contribution in [0.4, 0.5) is 5.69 Å². The molecule has 2 rings (SSSR count). The molecule has 0 spiro atoms. The highest BCUT2D eigenvalue weighted by molar-refractivity contribution is 5.95. The molecule has 1 fully saturated rings. The highest BCUT2D eigenvalue weighted by Crippen LogP contribution is 2.24. The average Bonchev–Trinajstić information content (AvgIpc) is 2.97. The molecule has 0 bridgehead atoms. The molecule has 1 saturated heterocycles. The van der Waals surface area contributed by atoms with Gasteiger partial charge in [-0.1, -0.05) is 6.92 Å². The Morgan fingerprint density at radius 3 is 2.68 bits per heavy atom. The molecule has 2 atom stereocenters. The van der Waals surface area contributed by atoms with Gasteiger partial charge in [0.05, 0.1) is 6.61 Å². The third-order valence-corrected chi connectivity index (χ3v) is 3.52. The van der Waals surface area contributed by atoms with Crippen LogP contribution in [0.2, 0.25) is 0 Å². The molecule has 0 radical (unpaired) electrons. The predicted octanol–water partition coefficient (Wildman–Crippen LogP) is 2.35. The Labute approximate surface area is 129 Å². The van der Waals surface area contributed by atoms with E-state index in [-0.39, 0.29) is 5.91 Å². The van der Waals surface area contributed by atoms with Gasteiger partial charge in [-0.15, -0.1) is 0 Å². The van der Waals surface area contributed by atoms with Crippen molar-refractivity contribution in [1.82, 2.24) is 0 Å². The Bertz CT molecular complexity index is 557. The molecule has 1 aliphatic heterocycles. The molecular weight excluding hydrogens is 286 g/mol. The normalized spacial score (nSPS) is 20.6. The van der Waals surface area contributed by atoms with Gasteiger partial charge < -0.3 is 19.9 Å². The van der Waals surface area contributed by atoms with Gasteiger partial charge in [0.2, 0.25) is 0 Å². The van der Waals surface area contributed by atoms with Crippen LogP contribution in [0.25, 0.3) is 0 Å². The van der Waals surface area contributed by atoms with E-state index < -0.39 is 18.2 Å². The van der Waals surface area contributed by atoms with Gasteiger partial charge in [-0.3, -0.25) is 4.79 Å². The number of hydrogen-bond acceptors (Lipinski definition) is 4. The smallest absolute Gasteiger partial charge is 0.332 e. The second kappa shape index (κ2) is 7.26. The quantitative estimate of drug-likeness (QED) is 0.842. The van der Waals surface area contributed by atoms with E-state index in [9.17, 15) is 9.59 Å². The molecule has 0 aromatic heterocycles. The molecule has 1 amide bonds. The summed E-state index contributed by atoms with van der Waals surface area (Å²) in [6.45, 7) is 4.56. The van der Waals surface area contributed by atoms with Crippen LogP contribution in [-0.2, 0) is 14.3 Å². The molecule has 6 heteroatoms. The van der Waals surface area contributed by atoms with Crippen LogP contribution in [0.15, 0.2) is 18.2 Å². The topological polar surface area (TPSA) is 84.9 Å². The third-order valence-electron chi connectivity index (χ3n) is 3.52. The summed E-state index contributed by atoms with van der Waals surface area (Å²) < 4.78 is 10.8. The van der Waals surface area contributed by atoms with Crippen LogP contribution >= 0.6 is 0 Å². The zero-order valence-electron chi connectivity index (χ0n) is 12.8. The maximum atomic E-state index is 12.1. The number of carboxylic acid groups (broad SMARTS) is 1. The molecule has 0 saturated carbocycles. The van der Waals surface area contributed by atoms with E-state index in [2.05, 4.69) is 5.32 Å². The van der Waals surface area contributed by atoms with Crippen LogP contribution in [-0.4, -0.2) is 35.8 Å². The molecule has 1 heterocycles. The lowest BCUT2D eigenvalue weighted by atomic mass is 10.1. The van der Waals surface area contributed by atoms with E-state index in [1.165, 1.54) is 0 Å². The SMILES string of the molecule is CCCOc1ccc(NC(=O)[C@@H]2CC[C@H](C(=O)O)O2)c(C)c1. The van der Waals surface area contributed by atoms with E-state index in [0.29, 0.717) is 25.1 Å². The molecule has 1 aliphatic rings. The Kier molecular flexibility index (Phi) is 5.38. The Morgan fingerprint density at radius 1 is 1.36 bits per heavy atom.